The Bertz CT molecular complexity index is 1160. The van der Waals surface area contributed by atoms with Gasteiger partial charge in [-0.1, -0.05) is 11.8 Å². The lowest BCUT2D eigenvalue weighted by atomic mass is 9.85. The molecule has 0 spiro atoms. The summed E-state index contributed by atoms with van der Waals surface area (Å²) in [5, 5.41) is 2.87. The van der Waals surface area contributed by atoms with Crippen LogP contribution in [0.25, 0.3) is 0 Å². The molecule has 3 N–H and O–H groups in total. The SMILES string of the molecule is COC[C@]12C[C@H]1[C@](C)(c1cc(NC(=O)c3cnc(OCC4CC4)cn3)cc(F)c1F)N=C(N)S2. The van der Waals surface area contributed by atoms with Gasteiger partial charge in [0.1, 0.15) is 5.69 Å². The highest BCUT2D eigenvalue weighted by atomic mass is 32.2. The molecule has 1 aromatic heterocycles. The first-order valence-electron chi connectivity index (χ1n) is 11.0. The Morgan fingerprint density at radius 1 is 1.29 bits per heavy atom. The molecule has 2 aromatic rings. The van der Waals surface area contributed by atoms with Crippen LogP contribution >= 0.6 is 11.8 Å². The van der Waals surface area contributed by atoms with Crippen molar-refractivity contribution in [2.24, 2.45) is 22.6 Å². The Kier molecular flexibility index (Phi) is 5.71. The van der Waals surface area contributed by atoms with Crippen molar-refractivity contribution in [1.29, 1.82) is 0 Å². The van der Waals surface area contributed by atoms with Gasteiger partial charge in [0.05, 0.1) is 35.9 Å². The first kappa shape index (κ1) is 23.0. The third-order valence-electron chi connectivity index (χ3n) is 6.60. The summed E-state index contributed by atoms with van der Waals surface area (Å²) in [7, 11) is 1.59. The van der Waals surface area contributed by atoms with E-state index in [9.17, 15) is 9.18 Å². The third-order valence-corrected chi connectivity index (χ3v) is 7.87. The lowest BCUT2D eigenvalue weighted by Crippen LogP contribution is -2.38. The zero-order chi connectivity index (χ0) is 24.1. The molecule has 1 amide bonds. The van der Waals surface area contributed by atoms with Crippen LogP contribution in [0.5, 0.6) is 5.88 Å². The number of ether oxygens (including phenoxy) is 2. The van der Waals surface area contributed by atoms with E-state index in [1.165, 1.54) is 30.2 Å². The lowest BCUT2D eigenvalue weighted by Gasteiger charge is -2.34. The van der Waals surface area contributed by atoms with Crippen molar-refractivity contribution in [3.05, 3.63) is 47.4 Å². The second-order valence-corrected chi connectivity index (χ2v) is 10.7. The molecule has 0 radical (unpaired) electrons. The zero-order valence-corrected chi connectivity index (χ0v) is 19.6. The number of aliphatic imine (C=N–C) groups is 1. The maximum absolute atomic E-state index is 15.0. The molecule has 2 aliphatic carbocycles. The molecule has 3 atom stereocenters. The highest BCUT2D eigenvalue weighted by molar-refractivity contribution is 8.15. The Morgan fingerprint density at radius 3 is 2.76 bits per heavy atom. The molecule has 8 nitrogen and oxygen atoms in total. The number of amidine groups is 1. The highest BCUT2D eigenvalue weighted by Gasteiger charge is 2.66. The third kappa shape index (κ3) is 4.22. The summed E-state index contributed by atoms with van der Waals surface area (Å²) in [4.78, 5) is 25.4. The summed E-state index contributed by atoms with van der Waals surface area (Å²) >= 11 is 1.41. The molecule has 11 heteroatoms. The van der Waals surface area contributed by atoms with Crippen molar-refractivity contribution in [3.63, 3.8) is 0 Å². The van der Waals surface area contributed by atoms with Crippen molar-refractivity contribution >= 4 is 28.5 Å². The summed E-state index contributed by atoms with van der Waals surface area (Å²) in [6, 6.07) is 2.33. The van der Waals surface area contributed by atoms with Gasteiger partial charge in [0.2, 0.25) is 5.88 Å². The summed E-state index contributed by atoms with van der Waals surface area (Å²) in [5.41, 5.74) is 5.10. The van der Waals surface area contributed by atoms with Gasteiger partial charge in [-0.2, -0.15) is 0 Å². The monoisotopic (exact) mass is 489 g/mol. The van der Waals surface area contributed by atoms with Crippen molar-refractivity contribution in [2.75, 3.05) is 25.6 Å². The molecule has 2 heterocycles. The second-order valence-electron chi connectivity index (χ2n) is 9.22. The maximum Gasteiger partial charge on any atom is 0.275 e. The van der Waals surface area contributed by atoms with Gasteiger partial charge >= 0.3 is 0 Å². The lowest BCUT2D eigenvalue weighted by molar-refractivity contribution is 0.102. The summed E-state index contributed by atoms with van der Waals surface area (Å²) in [5.74, 6) is -1.90. The Hall–Kier alpha value is -2.79. The Morgan fingerprint density at radius 2 is 2.09 bits per heavy atom. The number of nitrogens with two attached hydrogens (primary N) is 1. The summed E-state index contributed by atoms with van der Waals surface area (Å²) in [6.45, 7) is 2.74. The number of carbonyl (C=O) groups excluding carboxylic acids is 1. The Balaban J connectivity index is 1.37. The number of hydrogen-bond donors (Lipinski definition) is 2. The van der Waals surface area contributed by atoms with Gasteiger partial charge in [-0.3, -0.25) is 9.79 Å². The van der Waals surface area contributed by atoms with Crippen LogP contribution < -0.4 is 15.8 Å². The van der Waals surface area contributed by atoms with Crippen LogP contribution in [0.3, 0.4) is 0 Å². The summed E-state index contributed by atoms with van der Waals surface area (Å²) in [6.07, 6.45) is 5.65. The molecule has 1 aromatic carbocycles. The van der Waals surface area contributed by atoms with E-state index in [1.54, 1.807) is 14.0 Å². The highest BCUT2D eigenvalue weighted by Crippen LogP contribution is 2.66. The van der Waals surface area contributed by atoms with E-state index in [2.05, 4.69) is 20.3 Å². The number of thioether (sulfide) groups is 1. The maximum atomic E-state index is 15.0. The normalized spacial score (nSPS) is 27.5. The minimum Gasteiger partial charge on any atom is -0.476 e. The molecule has 1 aliphatic heterocycles. The molecule has 180 valence electrons. The molecular weight excluding hydrogens is 464 g/mol. The fourth-order valence-electron chi connectivity index (χ4n) is 4.55. The van der Waals surface area contributed by atoms with Crippen LogP contribution in [-0.4, -0.2) is 46.1 Å². The minimum atomic E-state index is -1.10. The first-order chi connectivity index (χ1) is 16.2. The number of methoxy groups -OCH3 is 1. The molecule has 3 aliphatic rings. The average Bonchev–Trinajstić information content (AvgIpc) is 3.71. The average molecular weight is 490 g/mol. The number of benzene rings is 1. The number of halogens is 2. The van der Waals surface area contributed by atoms with E-state index >= 15 is 4.39 Å². The van der Waals surface area contributed by atoms with Crippen LogP contribution in [0.4, 0.5) is 14.5 Å². The molecular formula is C23H25F2N5O3S. The number of carbonyl (C=O) groups is 1. The number of aromatic nitrogens is 2. The second kappa shape index (κ2) is 8.46. The number of nitrogens with zero attached hydrogens (tertiary/aromatic N) is 3. The van der Waals surface area contributed by atoms with Crippen molar-refractivity contribution in [3.8, 4) is 5.88 Å². The quantitative estimate of drug-likeness (QED) is 0.584. The molecule has 0 saturated heterocycles. The van der Waals surface area contributed by atoms with E-state index in [0.29, 0.717) is 36.6 Å². The van der Waals surface area contributed by atoms with Crippen LogP contribution in [0, 0.1) is 23.5 Å². The van der Waals surface area contributed by atoms with Crippen LogP contribution in [-0.2, 0) is 10.3 Å². The fraction of sp³-hybridized carbons (Fsp3) is 0.478. The standard InChI is InChI=1S/C23H25F2N5O3S/c1-22(17-7-23(17,11-32-2)34-21(26)30-22)14-5-13(6-15(24)19(14)25)29-20(31)16-8-28-18(9-27-16)33-10-12-3-4-12/h5-6,8-9,12,17H,3-4,7,10-11H2,1-2H3,(H2,26,30)(H,29,31)/t17-,22-,23+/m0/s1. The van der Waals surface area contributed by atoms with E-state index in [4.69, 9.17) is 15.2 Å². The number of nitrogens with one attached hydrogen (secondary N) is 1. The molecule has 0 bridgehead atoms. The molecule has 2 saturated carbocycles. The van der Waals surface area contributed by atoms with E-state index in [1.807, 2.05) is 0 Å². The van der Waals surface area contributed by atoms with Gasteiger partial charge in [0.25, 0.3) is 5.91 Å². The predicted molar refractivity (Wildman–Crippen MR) is 124 cm³/mol. The van der Waals surface area contributed by atoms with Crippen molar-refractivity contribution in [2.45, 2.75) is 36.5 Å². The van der Waals surface area contributed by atoms with Gasteiger partial charge in [0.15, 0.2) is 16.8 Å². The molecule has 5 rings (SSSR count). The van der Waals surface area contributed by atoms with Gasteiger partial charge < -0.3 is 20.5 Å². The number of fused-ring (bicyclic) bond motifs is 1. The van der Waals surface area contributed by atoms with E-state index in [-0.39, 0.29) is 27.6 Å². The number of amides is 1. The topological polar surface area (TPSA) is 112 Å². The van der Waals surface area contributed by atoms with E-state index in [0.717, 1.165) is 18.9 Å². The van der Waals surface area contributed by atoms with Crippen LogP contribution in [0.15, 0.2) is 29.5 Å². The predicted octanol–water partition coefficient (Wildman–Crippen LogP) is 3.48. The van der Waals surface area contributed by atoms with Gasteiger partial charge in [-0.25, -0.2) is 18.7 Å². The van der Waals surface area contributed by atoms with Gasteiger partial charge in [-0.05, 0) is 38.2 Å². The van der Waals surface area contributed by atoms with Crippen LogP contribution in [0.2, 0.25) is 0 Å². The zero-order valence-electron chi connectivity index (χ0n) is 18.8. The summed E-state index contributed by atoms with van der Waals surface area (Å²) < 4.78 is 40.2. The minimum absolute atomic E-state index is 0.0221. The number of rotatable bonds is 8. The van der Waals surface area contributed by atoms with Crippen LogP contribution in [0.1, 0.15) is 42.2 Å². The Labute approximate surface area is 199 Å². The number of hydrogen-bond acceptors (Lipinski definition) is 8. The first-order valence-corrected chi connectivity index (χ1v) is 11.8. The van der Waals surface area contributed by atoms with Crippen molar-refractivity contribution in [1.82, 2.24) is 9.97 Å². The van der Waals surface area contributed by atoms with Crippen molar-refractivity contribution < 1.29 is 23.0 Å². The smallest absolute Gasteiger partial charge is 0.275 e. The van der Waals surface area contributed by atoms with Gasteiger partial charge in [-0.15, -0.1) is 0 Å². The molecule has 2 fully saturated rings. The fourth-order valence-corrected chi connectivity index (χ4v) is 6.00. The number of anilines is 1. The van der Waals surface area contributed by atoms with Gasteiger partial charge in [0, 0.05) is 30.3 Å². The largest absolute Gasteiger partial charge is 0.476 e. The molecule has 0 unspecified atom stereocenters. The van der Waals surface area contributed by atoms with E-state index < -0.39 is 23.1 Å². The molecule has 34 heavy (non-hydrogen) atoms.